The van der Waals surface area contributed by atoms with Crippen LogP contribution >= 0.6 is 31.9 Å². The summed E-state index contributed by atoms with van der Waals surface area (Å²) in [7, 11) is 0. The first kappa shape index (κ1) is 14.2. The maximum Gasteiger partial charge on any atom is 0.258 e. The van der Waals surface area contributed by atoms with Gasteiger partial charge in [0.1, 0.15) is 11.4 Å². The molecule has 106 valence electrons. The molecule has 0 atom stereocenters. The lowest BCUT2D eigenvalue weighted by molar-refractivity contribution is 0.431. The Bertz CT molecular complexity index is 752. The van der Waals surface area contributed by atoms with Gasteiger partial charge in [0, 0.05) is 20.7 Å². The van der Waals surface area contributed by atoms with Crippen LogP contribution in [0, 0.1) is 6.92 Å². The summed E-state index contributed by atoms with van der Waals surface area (Å²) in [6, 6.07) is 6.84. The van der Waals surface area contributed by atoms with Crippen molar-refractivity contribution >= 4 is 31.9 Å². The molecule has 0 bridgehead atoms. The molecule has 3 aromatic rings. The Morgan fingerprint density at radius 3 is 2.71 bits per heavy atom. The minimum atomic E-state index is 0.202. The number of hydrogen-bond acceptors (Lipinski definition) is 5. The minimum Gasteiger partial charge on any atom is -0.508 e. The Morgan fingerprint density at radius 2 is 2.00 bits per heavy atom. The highest BCUT2D eigenvalue weighted by Crippen LogP contribution is 2.30. The molecule has 0 fully saturated rings. The second-order valence-corrected chi connectivity index (χ2v) is 6.18. The number of halogens is 2. The van der Waals surface area contributed by atoms with E-state index in [0.29, 0.717) is 17.4 Å². The summed E-state index contributed by atoms with van der Waals surface area (Å²) >= 11 is 6.77. The van der Waals surface area contributed by atoms with Gasteiger partial charge in [-0.3, -0.25) is 4.98 Å². The molecule has 1 aromatic carbocycles. The third-order valence-electron chi connectivity index (χ3n) is 2.89. The number of phenols is 1. The molecule has 2 aromatic heterocycles. The fourth-order valence-electron chi connectivity index (χ4n) is 1.90. The number of benzene rings is 1. The fraction of sp³-hybridized carbons (Fsp3) is 0.0714. The first-order valence-corrected chi connectivity index (χ1v) is 7.58. The van der Waals surface area contributed by atoms with Crippen LogP contribution < -0.4 is 0 Å². The number of pyridine rings is 1. The van der Waals surface area contributed by atoms with E-state index in [4.69, 9.17) is 4.52 Å². The molecular weight excluding hydrogens is 402 g/mol. The van der Waals surface area contributed by atoms with Crippen LogP contribution in [0.3, 0.4) is 0 Å². The fourth-order valence-corrected chi connectivity index (χ4v) is 3.06. The van der Waals surface area contributed by atoms with Crippen LogP contribution in [0.5, 0.6) is 5.75 Å². The van der Waals surface area contributed by atoms with E-state index in [-0.39, 0.29) is 5.75 Å². The van der Waals surface area contributed by atoms with Gasteiger partial charge in [0.25, 0.3) is 5.89 Å². The van der Waals surface area contributed by atoms with Crippen LogP contribution in [0.25, 0.3) is 23.0 Å². The molecule has 0 unspecified atom stereocenters. The molecule has 0 saturated carbocycles. The minimum absolute atomic E-state index is 0.202. The molecule has 7 heteroatoms. The van der Waals surface area contributed by atoms with Crippen LogP contribution in [-0.4, -0.2) is 20.2 Å². The molecule has 21 heavy (non-hydrogen) atoms. The van der Waals surface area contributed by atoms with E-state index < -0.39 is 0 Å². The predicted octanol–water partition coefficient (Wildman–Crippen LogP) is 4.34. The maximum absolute atomic E-state index is 9.44. The molecule has 5 nitrogen and oxygen atoms in total. The van der Waals surface area contributed by atoms with Gasteiger partial charge < -0.3 is 9.63 Å². The number of phenolic OH excluding ortho intramolecular Hbond substituents is 1. The molecule has 0 spiro atoms. The lowest BCUT2D eigenvalue weighted by atomic mass is 10.1. The van der Waals surface area contributed by atoms with Crippen LogP contribution in [0.2, 0.25) is 0 Å². The molecule has 0 saturated heterocycles. The third-order valence-corrected chi connectivity index (χ3v) is 3.92. The predicted molar refractivity (Wildman–Crippen MR) is 84.8 cm³/mol. The van der Waals surface area contributed by atoms with Crippen LogP contribution in [0.15, 0.2) is 43.9 Å². The topological polar surface area (TPSA) is 72.0 Å². The van der Waals surface area contributed by atoms with Gasteiger partial charge in [0.05, 0.1) is 0 Å². The highest BCUT2D eigenvalue weighted by molar-refractivity contribution is 9.11. The second kappa shape index (κ2) is 5.57. The van der Waals surface area contributed by atoms with Gasteiger partial charge in [-0.25, -0.2) is 0 Å². The zero-order valence-electron chi connectivity index (χ0n) is 10.8. The number of aryl methyl sites for hydroxylation is 1. The Balaban J connectivity index is 2.03. The molecule has 0 aliphatic heterocycles. The normalized spacial score (nSPS) is 10.8. The number of aromatic hydroxyl groups is 1. The number of hydrogen-bond donors (Lipinski definition) is 1. The molecule has 0 aliphatic rings. The van der Waals surface area contributed by atoms with Gasteiger partial charge in [-0.05, 0) is 68.6 Å². The van der Waals surface area contributed by atoms with Gasteiger partial charge in [0.15, 0.2) is 0 Å². The van der Waals surface area contributed by atoms with Crippen molar-refractivity contribution in [1.82, 2.24) is 15.1 Å². The second-order valence-electron chi connectivity index (χ2n) is 4.41. The van der Waals surface area contributed by atoms with Crippen LogP contribution in [0.4, 0.5) is 0 Å². The summed E-state index contributed by atoms with van der Waals surface area (Å²) in [6.45, 7) is 1.87. The number of rotatable bonds is 2. The van der Waals surface area contributed by atoms with E-state index in [1.165, 1.54) is 0 Å². The number of nitrogens with zero attached hydrogens (tertiary/aromatic N) is 3. The molecule has 3 rings (SSSR count). The van der Waals surface area contributed by atoms with Crippen LogP contribution in [-0.2, 0) is 0 Å². The summed E-state index contributed by atoms with van der Waals surface area (Å²) in [5, 5.41) is 13.4. The zero-order valence-corrected chi connectivity index (χ0v) is 14.0. The average molecular weight is 411 g/mol. The van der Waals surface area contributed by atoms with E-state index in [1.54, 1.807) is 24.4 Å². The molecule has 0 aliphatic carbocycles. The molecule has 1 N–H and O–H groups in total. The van der Waals surface area contributed by atoms with Gasteiger partial charge in [-0.1, -0.05) is 5.16 Å². The van der Waals surface area contributed by atoms with Gasteiger partial charge in [-0.15, -0.1) is 0 Å². The SMILES string of the molecule is Cc1cc(O)ccc1-c1nc(-c2ncc(Br)cc2Br)no1. The van der Waals surface area contributed by atoms with Crippen molar-refractivity contribution in [2.75, 3.05) is 0 Å². The van der Waals surface area contributed by atoms with Gasteiger partial charge >= 0.3 is 0 Å². The first-order chi connectivity index (χ1) is 10.0. The summed E-state index contributed by atoms with van der Waals surface area (Å²) in [6.07, 6.45) is 1.67. The lowest BCUT2D eigenvalue weighted by Crippen LogP contribution is -1.88. The van der Waals surface area contributed by atoms with Crippen molar-refractivity contribution in [2.24, 2.45) is 0 Å². The summed E-state index contributed by atoms with van der Waals surface area (Å²) in [5.74, 6) is 0.990. The van der Waals surface area contributed by atoms with Crippen molar-refractivity contribution < 1.29 is 9.63 Å². The Kier molecular flexibility index (Phi) is 3.77. The van der Waals surface area contributed by atoms with Crippen LogP contribution in [0.1, 0.15) is 5.56 Å². The van der Waals surface area contributed by atoms with E-state index in [0.717, 1.165) is 20.1 Å². The molecular formula is C14H9Br2N3O2. The Labute approximate surface area is 137 Å². The molecule has 2 heterocycles. The number of aromatic nitrogens is 3. The maximum atomic E-state index is 9.44. The van der Waals surface area contributed by atoms with Crippen molar-refractivity contribution in [1.29, 1.82) is 0 Å². The third kappa shape index (κ3) is 2.84. The zero-order chi connectivity index (χ0) is 15.0. The Morgan fingerprint density at radius 1 is 1.19 bits per heavy atom. The highest BCUT2D eigenvalue weighted by atomic mass is 79.9. The lowest BCUT2D eigenvalue weighted by Gasteiger charge is -2.00. The summed E-state index contributed by atoms with van der Waals surface area (Å²) in [5.41, 5.74) is 2.23. The highest BCUT2D eigenvalue weighted by Gasteiger charge is 2.16. The molecule has 0 amide bonds. The van der Waals surface area contributed by atoms with E-state index in [1.807, 2.05) is 13.0 Å². The van der Waals surface area contributed by atoms with Gasteiger partial charge in [-0.2, -0.15) is 4.98 Å². The van der Waals surface area contributed by atoms with Crippen molar-refractivity contribution in [3.63, 3.8) is 0 Å². The smallest absolute Gasteiger partial charge is 0.258 e. The van der Waals surface area contributed by atoms with Crippen molar-refractivity contribution in [3.8, 4) is 28.7 Å². The van der Waals surface area contributed by atoms with Crippen molar-refractivity contribution in [2.45, 2.75) is 6.92 Å². The first-order valence-electron chi connectivity index (χ1n) is 5.99. The molecule has 0 radical (unpaired) electrons. The van der Waals surface area contributed by atoms with E-state index >= 15 is 0 Å². The van der Waals surface area contributed by atoms with E-state index in [9.17, 15) is 5.11 Å². The quantitative estimate of drug-likeness (QED) is 0.680. The monoisotopic (exact) mass is 409 g/mol. The Hall–Kier alpha value is -1.73. The average Bonchev–Trinajstić information content (AvgIpc) is 2.87. The largest absolute Gasteiger partial charge is 0.508 e. The van der Waals surface area contributed by atoms with Crippen molar-refractivity contribution in [3.05, 3.63) is 45.0 Å². The summed E-state index contributed by atoms with van der Waals surface area (Å²) < 4.78 is 6.92. The summed E-state index contributed by atoms with van der Waals surface area (Å²) in [4.78, 5) is 8.64. The van der Waals surface area contributed by atoms with E-state index in [2.05, 4.69) is 47.0 Å². The standard InChI is InChI=1S/C14H9Br2N3O2/c1-7-4-9(20)2-3-10(7)14-18-13(19-21-14)12-11(16)5-8(15)6-17-12/h2-6,20H,1H3. The van der Waals surface area contributed by atoms with Gasteiger partial charge in [0.2, 0.25) is 5.82 Å².